The highest BCUT2D eigenvalue weighted by Gasteiger charge is 2.32. The third-order valence-corrected chi connectivity index (χ3v) is 7.51. The van der Waals surface area contributed by atoms with Gasteiger partial charge in [-0.25, -0.2) is 12.7 Å². The smallest absolute Gasteiger partial charge is 0.224 e. The average Bonchev–Trinajstić information content (AvgIpc) is 2.79. The van der Waals surface area contributed by atoms with Crippen molar-refractivity contribution in [2.75, 3.05) is 25.4 Å². The number of ether oxygens (including phenoxy) is 1. The molecule has 6 nitrogen and oxygen atoms in total. The number of carbonyl (C=O) groups excluding carboxylic acids is 1. The molecule has 1 saturated heterocycles. The minimum Gasteiger partial charge on any atom is -0.494 e. The average molecular weight is 445 g/mol. The Bertz CT molecular complexity index is 947. The molecule has 0 spiro atoms. The van der Waals surface area contributed by atoms with Crippen LogP contribution in [0.4, 0.5) is 0 Å². The minimum atomic E-state index is -3.37. The Morgan fingerprint density at radius 3 is 2.65 bits per heavy atom. The number of nitrogens with zero attached hydrogens (tertiary/aromatic N) is 1. The fourth-order valence-corrected chi connectivity index (χ4v) is 5.50. The van der Waals surface area contributed by atoms with E-state index in [-0.39, 0.29) is 24.1 Å². The van der Waals surface area contributed by atoms with Crippen LogP contribution in [-0.2, 0) is 27.8 Å². The van der Waals surface area contributed by atoms with Gasteiger partial charge in [0.15, 0.2) is 0 Å². The van der Waals surface area contributed by atoms with Crippen LogP contribution in [0.5, 0.6) is 5.75 Å². The van der Waals surface area contributed by atoms with Crippen LogP contribution in [0.25, 0.3) is 0 Å². The number of aryl methyl sites for hydroxylation is 1. The summed E-state index contributed by atoms with van der Waals surface area (Å²) in [7, 11) is -3.37. The van der Waals surface area contributed by atoms with Crippen molar-refractivity contribution in [1.82, 2.24) is 9.62 Å². The monoisotopic (exact) mass is 444 g/mol. The lowest BCUT2D eigenvalue weighted by Gasteiger charge is -2.31. The minimum absolute atomic E-state index is 0.101. The molecular weight excluding hydrogens is 412 g/mol. The molecule has 7 heteroatoms. The van der Waals surface area contributed by atoms with Crippen LogP contribution in [0, 0.1) is 5.92 Å². The maximum absolute atomic E-state index is 12.8. The van der Waals surface area contributed by atoms with Crippen LogP contribution in [0.2, 0.25) is 0 Å². The van der Waals surface area contributed by atoms with E-state index >= 15 is 0 Å². The Balaban J connectivity index is 1.51. The predicted molar refractivity (Wildman–Crippen MR) is 122 cm³/mol. The maximum Gasteiger partial charge on any atom is 0.224 e. The number of hydrogen-bond acceptors (Lipinski definition) is 4. The Labute approximate surface area is 185 Å². The van der Waals surface area contributed by atoms with Crippen molar-refractivity contribution in [3.63, 3.8) is 0 Å². The first-order valence-electron chi connectivity index (χ1n) is 11.0. The largest absolute Gasteiger partial charge is 0.494 e. The molecule has 0 aromatic heterocycles. The summed E-state index contributed by atoms with van der Waals surface area (Å²) in [5, 5.41) is 2.96. The quantitative estimate of drug-likeness (QED) is 0.610. The zero-order valence-electron chi connectivity index (χ0n) is 18.1. The third-order valence-electron chi connectivity index (χ3n) is 5.58. The van der Waals surface area contributed by atoms with E-state index < -0.39 is 10.0 Å². The van der Waals surface area contributed by atoms with Crippen molar-refractivity contribution in [2.24, 2.45) is 5.92 Å². The fourth-order valence-electron chi connectivity index (χ4n) is 3.91. The summed E-state index contributed by atoms with van der Waals surface area (Å²) in [5.41, 5.74) is 2.06. The first-order chi connectivity index (χ1) is 15.0. The predicted octanol–water partition coefficient (Wildman–Crippen LogP) is 3.38. The van der Waals surface area contributed by atoms with Crippen molar-refractivity contribution < 1.29 is 17.9 Å². The summed E-state index contributed by atoms with van der Waals surface area (Å²) in [6, 6.07) is 17.5. The van der Waals surface area contributed by atoms with Crippen LogP contribution >= 0.6 is 0 Å². The van der Waals surface area contributed by atoms with Crippen LogP contribution < -0.4 is 10.1 Å². The van der Waals surface area contributed by atoms with Gasteiger partial charge in [0.1, 0.15) is 5.75 Å². The zero-order chi connectivity index (χ0) is 22.1. The van der Waals surface area contributed by atoms with Crippen LogP contribution in [0.3, 0.4) is 0 Å². The van der Waals surface area contributed by atoms with Crippen molar-refractivity contribution in [1.29, 1.82) is 0 Å². The molecule has 1 heterocycles. The lowest BCUT2D eigenvalue weighted by atomic mass is 9.98. The SMILES string of the molecule is CCOc1ccccc1CNC(=O)[C@H]1CCCN(S(=O)(=O)CCCc2ccccc2)C1. The summed E-state index contributed by atoms with van der Waals surface area (Å²) in [6.07, 6.45) is 2.71. The number of hydrogen-bond donors (Lipinski definition) is 1. The molecule has 0 radical (unpaired) electrons. The Morgan fingerprint density at radius 2 is 1.87 bits per heavy atom. The van der Waals surface area contributed by atoms with Gasteiger partial charge in [-0.15, -0.1) is 0 Å². The van der Waals surface area contributed by atoms with E-state index in [1.165, 1.54) is 4.31 Å². The fraction of sp³-hybridized carbons (Fsp3) is 0.458. The summed E-state index contributed by atoms with van der Waals surface area (Å²) in [6.45, 7) is 3.60. The Hall–Kier alpha value is -2.38. The topological polar surface area (TPSA) is 75.7 Å². The third kappa shape index (κ3) is 6.80. The first-order valence-corrected chi connectivity index (χ1v) is 12.6. The number of sulfonamides is 1. The van der Waals surface area contributed by atoms with Crippen molar-refractivity contribution in [2.45, 2.75) is 39.2 Å². The lowest BCUT2D eigenvalue weighted by Crippen LogP contribution is -2.46. The second kappa shape index (κ2) is 11.3. The van der Waals surface area contributed by atoms with Gasteiger partial charge in [0.25, 0.3) is 0 Å². The van der Waals surface area contributed by atoms with E-state index in [2.05, 4.69) is 5.32 Å². The Morgan fingerprint density at radius 1 is 1.13 bits per heavy atom. The lowest BCUT2D eigenvalue weighted by molar-refractivity contribution is -0.126. The molecule has 3 rings (SSSR count). The normalized spacial score (nSPS) is 17.3. The van der Waals surface area contributed by atoms with Crippen molar-refractivity contribution >= 4 is 15.9 Å². The van der Waals surface area contributed by atoms with Crippen LogP contribution in [0.15, 0.2) is 54.6 Å². The highest BCUT2D eigenvalue weighted by molar-refractivity contribution is 7.89. The van der Waals surface area contributed by atoms with Gasteiger partial charge in [-0.3, -0.25) is 4.79 Å². The molecule has 0 bridgehead atoms. The molecule has 1 N–H and O–H groups in total. The molecule has 2 aromatic carbocycles. The van der Waals surface area contributed by atoms with E-state index in [1.807, 2.05) is 61.5 Å². The van der Waals surface area contributed by atoms with Gasteiger partial charge >= 0.3 is 0 Å². The Kier molecular flexibility index (Phi) is 8.49. The molecule has 168 valence electrons. The van der Waals surface area contributed by atoms with E-state index in [9.17, 15) is 13.2 Å². The molecule has 31 heavy (non-hydrogen) atoms. The van der Waals surface area contributed by atoms with Gasteiger partial charge in [0.05, 0.1) is 18.3 Å². The number of para-hydroxylation sites is 1. The van der Waals surface area contributed by atoms with Gasteiger partial charge in [0, 0.05) is 25.2 Å². The molecule has 1 atom stereocenters. The molecule has 0 aliphatic carbocycles. The van der Waals surface area contributed by atoms with Gasteiger partial charge in [-0.05, 0) is 44.2 Å². The second-order valence-corrected chi connectivity index (χ2v) is 9.95. The molecule has 1 fully saturated rings. The van der Waals surface area contributed by atoms with Crippen LogP contribution in [-0.4, -0.2) is 44.1 Å². The van der Waals surface area contributed by atoms with Gasteiger partial charge in [-0.2, -0.15) is 0 Å². The number of piperidine rings is 1. The molecule has 2 aromatic rings. The number of carbonyl (C=O) groups is 1. The van der Waals surface area contributed by atoms with E-state index in [4.69, 9.17) is 4.74 Å². The zero-order valence-corrected chi connectivity index (χ0v) is 18.9. The van der Waals surface area contributed by atoms with Gasteiger partial charge in [-0.1, -0.05) is 48.5 Å². The van der Waals surface area contributed by atoms with E-state index in [0.29, 0.717) is 39.0 Å². The summed E-state index contributed by atoms with van der Waals surface area (Å²) >= 11 is 0. The number of amides is 1. The van der Waals surface area contributed by atoms with E-state index in [0.717, 1.165) is 23.3 Å². The van der Waals surface area contributed by atoms with Crippen molar-refractivity contribution in [3.05, 3.63) is 65.7 Å². The van der Waals surface area contributed by atoms with Crippen LogP contribution in [0.1, 0.15) is 37.3 Å². The molecule has 1 amide bonds. The van der Waals surface area contributed by atoms with Gasteiger partial charge in [0.2, 0.25) is 15.9 Å². The highest BCUT2D eigenvalue weighted by atomic mass is 32.2. The van der Waals surface area contributed by atoms with Gasteiger partial charge < -0.3 is 10.1 Å². The second-order valence-electron chi connectivity index (χ2n) is 7.86. The number of rotatable bonds is 10. The molecule has 1 aliphatic rings. The number of benzene rings is 2. The molecular formula is C24H32N2O4S. The standard InChI is InChI=1S/C24H32N2O4S/c1-2-30-23-15-7-6-13-21(23)18-25-24(27)22-14-8-16-26(19-22)31(28,29)17-9-12-20-10-4-3-5-11-20/h3-7,10-11,13,15,22H,2,8-9,12,14,16-19H2,1H3,(H,25,27)/t22-/m0/s1. The molecule has 0 unspecified atom stereocenters. The summed E-state index contributed by atoms with van der Waals surface area (Å²) < 4.78 is 32.7. The summed E-state index contributed by atoms with van der Waals surface area (Å²) in [5.74, 6) is 0.446. The molecule has 1 aliphatic heterocycles. The van der Waals surface area contributed by atoms with Crippen molar-refractivity contribution in [3.8, 4) is 5.75 Å². The number of nitrogens with one attached hydrogen (secondary N) is 1. The van der Waals surface area contributed by atoms with E-state index in [1.54, 1.807) is 0 Å². The summed E-state index contributed by atoms with van der Waals surface area (Å²) in [4.78, 5) is 12.7. The molecule has 0 saturated carbocycles. The highest BCUT2D eigenvalue weighted by Crippen LogP contribution is 2.22. The maximum atomic E-state index is 12.8. The first kappa shape index (κ1) is 23.3.